The molecule has 4 N–H and O–H groups in total. The van der Waals surface area contributed by atoms with E-state index in [0.717, 1.165) is 0 Å². The van der Waals surface area contributed by atoms with Gasteiger partial charge in [-0.15, -0.1) is 0 Å². The average molecular weight is 174 g/mol. The summed E-state index contributed by atoms with van der Waals surface area (Å²) in [6.45, 7) is 0. The van der Waals surface area contributed by atoms with Crippen LogP contribution in [0.1, 0.15) is 0 Å². The van der Waals surface area contributed by atoms with Crippen LogP contribution in [-0.2, 0) is 4.74 Å². The average Bonchev–Trinajstić information content (AvgIpc) is 2.08. The molecule has 0 bridgehead atoms. The van der Waals surface area contributed by atoms with E-state index in [1.54, 1.807) is 0 Å². The van der Waals surface area contributed by atoms with Crippen molar-refractivity contribution in [2.45, 2.75) is 37.0 Å². The predicted molar refractivity (Wildman–Crippen MR) is 39.5 cm³/mol. The molecule has 2 radical (unpaired) electrons. The van der Waals surface area contributed by atoms with Crippen LogP contribution >= 0.6 is 0 Å². The molecule has 0 spiro atoms. The van der Waals surface area contributed by atoms with Crippen LogP contribution in [0, 0.1) is 0 Å². The first-order valence-electron chi connectivity index (χ1n) is 3.65. The van der Waals surface area contributed by atoms with E-state index >= 15 is 0 Å². The minimum atomic E-state index is -1.49. The molecule has 1 heterocycles. The molecule has 6 heteroatoms. The van der Waals surface area contributed by atoms with Crippen molar-refractivity contribution in [3.05, 3.63) is 0 Å². The fourth-order valence-corrected chi connectivity index (χ4v) is 1.13. The van der Waals surface area contributed by atoms with Crippen molar-refractivity contribution in [1.29, 1.82) is 0 Å². The number of aliphatic hydroxyl groups is 4. The van der Waals surface area contributed by atoms with Gasteiger partial charge in [-0.25, -0.2) is 0 Å². The van der Waals surface area contributed by atoms with Crippen molar-refractivity contribution >= 4 is 7.85 Å². The molecule has 0 aromatic rings. The molecule has 0 amide bonds. The predicted octanol–water partition coefficient (Wildman–Crippen LogP) is -2.63. The molecule has 0 saturated carbocycles. The van der Waals surface area contributed by atoms with Crippen LogP contribution in [0.15, 0.2) is 0 Å². The van der Waals surface area contributed by atoms with E-state index in [4.69, 9.17) is 27.9 Å². The highest BCUT2D eigenvalue weighted by molar-refractivity contribution is 6.08. The van der Waals surface area contributed by atoms with Crippen LogP contribution in [0.2, 0.25) is 6.32 Å². The minimum absolute atomic E-state index is 0.0258. The van der Waals surface area contributed by atoms with E-state index in [-0.39, 0.29) is 6.32 Å². The monoisotopic (exact) mass is 174 g/mol. The lowest BCUT2D eigenvalue weighted by Gasteiger charge is -2.38. The van der Waals surface area contributed by atoms with Gasteiger partial charge < -0.3 is 25.2 Å². The second-order valence-corrected chi connectivity index (χ2v) is 2.77. The van der Waals surface area contributed by atoms with E-state index in [0.29, 0.717) is 0 Å². The highest BCUT2D eigenvalue weighted by atomic mass is 16.6. The summed E-state index contributed by atoms with van der Waals surface area (Å²) >= 11 is 0. The Morgan fingerprint density at radius 1 is 1.00 bits per heavy atom. The third kappa shape index (κ3) is 1.62. The maximum absolute atomic E-state index is 9.20. The maximum atomic E-state index is 9.20. The van der Waals surface area contributed by atoms with Crippen molar-refractivity contribution in [3.8, 4) is 0 Å². The standard InChI is InChI=1S/C6H11BO5/c7-1-2-3(8)4(9)5(10)6(11)12-2/h2-6,8-11H,1H2/t2-,3-,4+,5-,6?/m1/s1. The topological polar surface area (TPSA) is 90.2 Å². The first-order valence-corrected chi connectivity index (χ1v) is 3.65. The third-order valence-corrected chi connectivity index (χ3v) is 1.92. The van der Waals surface area contributed by atoms with Crippen molar-refractivity contribution in [1.82, 2.24) is 0 Å². The molecule has 5 atom stereocenters. The molecule has 12 heavy (non-hydrogen) atoms. The lowest BCUT2D eigenvalue weighted by molar-refractivity contribution is -0.277. The highest BCUT2D eigenvalue weighted by Gasteiger charge is 2.41. The van der Waals surface area contributed by atoms with Gasteiger partial charge >= 0.3 is 0 Å². The summed E-state index contributed by atoms with van der Waals surface area (Å²) in [7, 11) is 5.17. The van der Waals surface area contributed by atoms with Gasteiger partial charge in [0.15, 0.2) is 6.29 Å². The second-order valence-electron chi connectivity index (χ2n) is 2.77. The third-order valence-electron chi connectivity index (χ3n) is 1.92. The van der Waals surface area contributed by atoms with Gasteiger partial charge in [0.1, 0.15) is 18.3 Å². The van der Waals surface area contributed by atoms with Gasteiger partial charge in [-0.1, -0.05) is 6.32 Å². The summed E-state index contributed by atoms with van der Waals surface area (Å²) in [4.78, 5) is 0. The number of rotatable bonds is 1. The number of aliphatic hydroxyl groups excluding tert-OH is 4. The molecule has 5 nitrogen and oxygen atoms in total. The van der Waals surface area contributed by atoms with E-state index < -0.39 is 30.7 Å². The first-order chi connectivity index (χ1) is 5.57. The Labute approximate surface area is 71.0 Å². The van der Waals surface area contributed by atoms with Gasteiger partial charge in [0.05, 0.1) is 14.0 Å². The van der Waals surface area contributed by atoms with Gasteiger partial charge in [0, 0.05) is 0 Å². The van der Waals surface area contributed by atoms with E-state index in [1.165, 1.54) is 0 Å². The maximum Gasteiger partial charge on any atom is 0.183 e. The Kier molecular flexibility index (Phi) is 3.08. The van der Waals surface area contributed by atoms with Crippen molar-refractivity contribution in [2.24, 2.45) is 0 Å². The Hall–Kier alpha value is -0.135. The molecule has 1 saturated heterocycles. The Bertz CT molecular complexity index is 150. The van der Waals surface area contributed by atoms with Crippen LogP contribution in [0.3, 0.4) is 0 Å². The number of hydrogen-bond acceptors (Lipinski definition) is 5. The molecule has 0 aromatic carbocycles. The second kappa shape index (κ2) is 3.72. The van der Waals surface area contributed by atoms with Crippen LogP contribution < -0.4 is 0 Å². The molecule has 68 valence electrons. The SMILES string of the molecule is [B]C[C@H]1OC(O)[C@H](O)[C@@H](O)[C@@H]1O. The summed E-state index contributed by atoms with van der Waals surface area (Å²) in [5.74, 6) is 0. The number of ether oxygens (including phenoxy) is 1. The van der Waals surface area contributed by atoms with Crippen molar-refractivity contribution < 1.29 is 25.2 Å². The lowest BCUT2D eigenvalue weighted by atomic mass is 9.89. The van der Waals surface area contributed by atoms with E-state index in [9.17, 15) is 5.11 Å². The zero-order valence-corrected chi connectivity index (χ0v) is 6.37. The van der Waals surface area contributed by atoms with Gasteiger partial charge in [0.2, 0.25) is 0 Å². The summed E-state index contributed by atoms with van der Waals surface area (Å²) in [5.41, 5.74) is 0. The van der Waals surface area contributed by atoms with Crippen LogP contribution in [0.25, 0.3) is 0 Å². The fourth-order valence-electron chi connectivity index (χ4n) is 1.13. The van der Waals surface area contributed by atoms with Gasteiger partial charge in [-0.2, -0.15) is 0 Å². The summed E-state index contributed by atoms with van der Waals surface area (Å²) in [6.07, 6.45) is -6.50. The summed E-state index contributed by atoms with van der Waals surface area (Å²) < 4.78 is 4.70. The van der Waals surface area contributed by atoms with Gasteiger partial charge in [-0.05, 0) is 0 Å². The largest absolute Gasteiger partial charge is 0.388 e. The molecule has 1 rings (SSSR count). The summed E-state index contributed by atoms with van der Waals surface area (Å²) in [5, 5.41) is 36.3. The molecular formula is C6H11BO5. The van der Waals surface area contributed by atoms with Gasteiger partial charge in [-0.3, -0.25) is 0 Å². The molecule has 0 aromatic heterocycles. The van der Waals surface area contributed by atoms with E-state index in [2.05, 4.69) is 0 Å². The Morgan fingerprint density at radius 3 is 2.08 bits per heavy atom. The zero-order chi connectivity index (χ0) is 9.30. The molecule has 1 unspecified atom stereocenters. The highest BCUT2D eigenvalue weighted by Crippen LogP contribution is 2.21. The minimum Gasteiger partial charge on any atom is -0.388 e. The van der Waals surface area contributed by atoms with Crippen molar-refractivity contribution in [2.75, 3.05) is 0 Å². The number of hydrogen-bond donors (Lipinski definition) is 4. The molecule has 1 aliphatic rings. The van der Waals surface area contributed by atoms with Crippen LogP contribution in [-0.4, -0.2) is 59.0 Å². The normalized spacial score (nSPS) is 49.2. The zero-order valence-electron chi connectivity index (χ0n) is 6.37. The molecule has 1 aliphatic heterocycles. The fraction of sp³-hybridized carbons (Fsp3) is 1.00. The summed E-state index contributed by atoms with van der Waals surface area (Å²) in [6, 6.07) is 0. The van der Waals surface area contributed by atoms with E-state index in [1.807, 2.05) is 0 Å². The molecule has 1 fully saturated rings. The van der Waals surface area contributed by atoms with Gasteiger partial charge in [0.25, 0.3) is 0 Å². The van der Waals surface area contributed by atoms with Crippen molar-refractivity contribution in [3.63, 3.8) is 0 Å². The quantitative estimate of drug-likeness (QED) is 0.326. The Balaban J connectivity index is 2.63. The molecule has 0 aliphatic carbocycles. The Morgan fingerprint density at radius 2 is 1.58 bits per heavy atom. The first kappa shape index (κ1) is 9.95. The lowest BCUT2D eigenvalue weighted by Crippen LogP contribution is -2.57. The van der Waals surface area contributed by atoms with Crippen LogP contribution in [0.5, 0.6) is 0 Å². The van der Waals surface area contributed by atoms with Crippen LogP contribution in [0.4, 0.5) is 0 Å². The smallest absolute Gasteiger partial charge is 0.183 e. The molecular weight excluding hydrogens is 163 g/mol.